The number of hydrogen-bond donors (Lipinski definition) is 1. The van der Waals surface area contributed by atoms with Crippen LogP contribution in [0, 0.1) is 18.3 Å². The van der Waals surface area contributed by atoms with Crippen molar-refractivity contribution in [2.45, 2.75) is 6.92 Å². The van der Waals surface area contributed by atoms with Crippen molar-refractivity contribution in [3.63, 3.8) is 0 Å². The number of halogens is 1. The van der Waals surface area contributed by atoms with Crippen LogP contribution in [-0.4, -0.2) is 18.7 Å². The monoisotopic (exact) mass is 371 g/mol. The summed E-state index contributed by atoms with van der Waals surface area (Å²) in [5.41, 5.74) is 4.84. The minimum atomic E-state index is -0.359. The Hall–Kier alpha value is -2.65. The fourth-order valence-electron chi connectivity index (χ4n) is 1.72. The second-order valence-corrected chi connectivity index (χ2v) is 5.60. The quantitative estimate of drug-likeness (QED) is 0.647. The number of amides is 1. The molecule has 0 unspecified atom stereocenters. The van der Waals surface area contributed by atoms with Crippen molar-refractivity contribution < 1.29 is 9.53 Å². The Bertz CT molecular complexity index is 764. The maximum atomic E-state index is 11.7. The molecule has 0 radical (unpaired) electrons. The van der Waals surface area contributed by atoms with Gasteiger partial charge >= 0.3 is 0 Å². The zero-order valence-corrected chi connectivity index (χ0v) is 14.0. The van der Waals surface area contributed by atoms with Crippen molar-refractivity contribution in [3.8, 4) is 11.8 Å². The third-order valence-electron chi connectivity index (χ3n) is 2.89. The fraction of sp³-hybridized carbons (Fsp3) is 0.118. The van der Waals surface area contributed by atoms with E-state index in [1.165, 1.54) is 6.21 Å². The summed E-state index contributed by atoms with van der Waals surface area (Å²) < 4.78 is 6.22. The van der Waals surface area contributed by atoms with Crippen LogP contribution < -0.4 is 10.2 Å². The number of rotatable bonds is 5. The largest absolute Gasteiger partial charge is 0.483 e. The van der Waals surface area contributed by atoms with Crippen LogP contribution in [0.2, 0.25) is 0 Å². The molecule has 2 aromatic rings. The van der Waals surface area contributed by atoms with E-state index in [0.717, 1.165) is 15.6 Å². The maximum absolute atomic E-state index is 11.7. The Morgan fingerprint density at radius 3 is 2.74 bits per heavy atom. The van der Waals surface area contributed by atoms with Gasteiger partial charge in [-0.05, 0) is 58.2 Å². The normalized spacial score (nSPS) is 10.3. The Morgan fingerprint density at radius 2 is 2.09 bits per heavy atom. The molecule has 0 aliphatic rings. The van der Waals surface area contributed by atoms with Gasteiger partial charge in [0.05, 0.1) is 22.3 Å². The van der Waals surface area contributed by atoms with Gasteiger partial charge in [-0.25, -0.2) is 5.43 Å². The summed E-state index contributed by atoms with van der Waals surface area (Å²) >= 11 is 3.38. The molecule has 5 nitrogen and oxygen atoms in total. The highest BCUT2D eigenvalue weighted by Crippen LogP contribution is 2.25. The van der Waals surface area contributed by atoms with Crippen LogP contribution in [0.4, 0.5) is 0 Å². The van der Waals surface area contributed by atoms with E-state index in [-0.39, 0.29) is 12.5 Å². The van der Waals surface area contributed by atoms with E-state index in [1.54, 1.807) is 30.3 Å². The molecule has 0 spiro atoms. The summed E-state index contributed by atoms with van der Waals surface area (Å²) in [6, 6.07) is 14.5. The van der Waals surface area contributed by atoms with E-state index in [4.69, 9.17) is 10.00 Å². The number of nitrogens with one attached hydrogen (secondary N) is 1. The lowest BCUT2D eigenvalue weighted by atomic mass is 10.2. The zero-order valence-electron chi connectivity index (χ0n) is 12.4. The molecule has 1 amide bonds. The van der Waals surface area contributed by atoms with E-state index in [9.17, 15) is 4.79 Å². The van der Waals surface area contributed by atoms with Gasteiger partial charge in [0, 0.05) is 0 Å². The number of hydrazone groups is 1. The van der Waals surface area contributed by atoms with E-state index < -0.39 is 0 Å². The van der Waals surface area contributed by atoms with E-state index in [2.05, 4.69) is 26.5 Å². The van der Waals surface area contributed by atoms with Gasteiger partial charge in [-0.3, -0.25) is 4.79 Å². The molecule has 116 valence electrons. The van der Waals surface area contributed by atoms with Gasteiger partial charge in [0.25, 0.3) is 5.91 Å². The van der Waals surface area contributed by atoms with Crippen LogP contribution in [-0.2, 0) is 4.79 Å². The van der Waals surface area contributed by atoms with Crippen LogP contribution in [0.1, 0.15) is 16.7 Å². The number of ether oxygens (including phenoxy) is 1. The third kappa shape index (κ3) is 5.24. The highest BCUT2D eigenvalue weighted by molar-refractivity contribution is 9.10. The van der Waals surface area contributed by atoms with Gasteiger partial charge in [0.15, 0.2) is 6.61 Å². The molecular weight excluding hydrogens is 358 g/mol. The highest BCUT2D eigenvalue weighted by Gasteiger charge is 2.04. The lowest BCUT2D eigenvalue weighted by Gasteiger charge is -2.07. The van der Waals surface area contributed by atoms with Crippen LogP contribution in [0.5, 0.6) is 5.75 Å². The van der Waals surface area contributed by atoms with Crippen molar-refractivity contribution in [1.29, 1.82) is 5.26 Å². The minimum absolute atomic E-state index is 0.133. The molecule has 0 aliphatic carbocycles. The molecule has 0 saturated heterocycles. The summed E-state index contributed by atoms with van der Waals surface area (Å²) in [4.78, 5) is 11.7. The molecule has 23 heavy (non-hydrogen) atoms. The number of nitrogens with zero attached hydrogens (tertiary/aromatic N) is 2. The van der Waals surface area contributed by atoms with Gasteiger partial charge in [0.1, 0.15) is 5.75 Å². The average molecular weight is 372 g/mol. The second-order valence-electron chi connectivity index (χ2n) is 4.75. The molecule has 0 heterocycles. The zero-order chi connectivity index (χ0) is 16.7. The molecule has 0 atom stereocenters. The number of benzene rings is 2. The maximum Gasteiger partial charge on any atom is 0.277 e. The van der Waals surface area contributed by atoms with Gasteiger partial charge in [0.2, 0.25) is 0 Å². The average Bonchev–Trinajstić information content (AvgIpc) is 2.54. The van der Waals surface area contributed by atoms with Crippen LogP contribution in [0.15, 0.2) is 52.0 Å². The highest BCUT2D eigenvalue weighted by atomic mass is 79.9. The van der Waals surface area contributed by atoms with Crippen molar-refractivity contribution >= 4 is 28.1 Å². The van der Waals surface area contributed by atoms with E-state index in [0.29, 0.717) is 11.3 Å². The number of carbonyl (C=O) groups is 1. The molecule has 2 aromatic carbocycles. The Balaban J connectivity index is 1.82. The molecule has 1 N–H and O–H groups in total. The molecule has 0 aliphatic heterocycles. The Labute approximate surface area is 142 Å². The van der Waals surface area contributed by atoms with Crippen molar-refractivity contribution in [2.24, 2.45) is 5.10 Å². The molecule has 0 aromatic heterocycles. The lowest BCUT2D eigenvalue weighted by Crippen LogP contribution is -2.24. The lowest BCUT2D eigenvalue weighted by molar-refractivity contribution is -0.123. The first-order valence-electron chi connectivity index (χ1n) is 6.79. The Kier molecular flexibility index (Phi) is 5.89. The molecule has 0 bridgehead atoms. The number of hydrogen-bond acceptors (Lipinski definition) is 4. The standard InChI is InChI=1S/C17H14BrN3O2/c1-12-2-7-16(15(18)8-12)23-11-17(22)21-20-10-14-5-3-13(9-19)4-6-14/h2-8,10H,11H2,1H3,(H,21,22)/b20-10-. The smallest absolute Gasteiger partial charge is 0.277 e. The van der Waals surface area contributed by atoms with Crippen LogP contribution in [0.3, 0.4) is 0 Å². The molecule has 6 heteroatoms. The number of aryl methyl sites for hydroxylation is 1. The van der Waals surface area contributed by atoms with Gasteiger partial charge in [-0.15, -0.1) is 0 Å². The topological polar surface area (TPSA) is 74.5 Å². The summed E-state index contributed by atoms with van der Waals surface area (Å²) in [6.07, 6.45) is 1.50. The fourth-order valence-corrected chi connectivity index (χ4v) is 2.33. The Morgan fingerprint density at radius 1 is 1.35 bits per heavy atom. The van der Waals surface area contributed by atoms with Crippen molar-refractivity contribution in [2.75, 3.05) is 6.61 Å². The molecule has 0 fully saturated rings. The van der Waals surface area contributed by atoms with Crippen molar-refractivity contribution in [1.82, 2.24) is 5.43 Å². The van der Waals surface area contributed by atoms with Gasteiger partial charge < -0.3 is 4.74 Å². The van der Waals surface area contributed by atoms with Crippen molar-refractivity contribution in [3.05, 3.63) is 63.6 Å². The first-order valence-corrected chi connectivity index (χ1v) is 7.59. The summed E-state index contributed by atoms with van der Waals surface area (Å²) in [5, 5.41) is 12.6. The number of carbonyl (C=O) groups excluding carboxylic acids is 1. The molecule has 0 saturated carbocycles. The van der Waals surface area contributed by atoms with E-state index in [1.807, 2.05) is 25.1 Å². The first-order chi connectivity index (χ1) is 11.1. The van der Waals surface area contributed by atoms with E-state index >= 15 is 0 Å². The molecular formula is C17H14BrN3O2. The van der Waals surface area contributed by atoms with Gasteiger partial charge in [-0.2, -0.15) is 10.4 Å². The summed E-state index contributed by atoms with van der Waals surface area (Å²) in [7, 11) is 0. The summed E-state index contributed by atoms with van der Waals surface area (Å²) in [6.45, 7) is 1.84. The first kappa shape index (κ1) is 16.7. The predicted octanol–water partition coefficient (Wildman–Crippen LogP) is 3.16. The van der Waals surface area contributed by atoms with Gasteiger partial charge in [-0.1, -0.05) is 18.2 Å². The summed E-state index contributed by atoms with van der Waals surface area (Å²) in [5.74, 6) is 0.240. The molecule has 2 rings (SSSR count). The number of nitriles is 1. The SMILES string of the molecule is Cc1ccc(OCC(=O)N/N=C\c2ccc(C#N)cc2)c(Br)c1. The van der Waals surface area contributed by atoms with Crippen LogP contribution in [0.25, 0.3) is 0 Å². The minimum Gasteiger partial charge on any atom is -0.483 e. The third-order valence-corrected chi connectivity index (χ3v) is 3.51. The predicted molar refractivity (Wildman–Crippen MR) is 91.3 cm³/mol. The second kappa shape index (κ2) is 8.11. The van der Waals surface area contributed by atoms with Crippen LogP contribution >= 0.6 is 15.9 Å².